The van der Waals surface area contributed by atoms with E-state index in [0.717, 1.165) is 28.4 Å². The van der Waals surface area contributed by atoms with Crippen molar-refractivity contribution in [1.82, 2.24) is 19.4 Å². The highest BCUT2D eigenvalue weighted by molar-refractivity contribution is 6.29. The fraction of sp³-hybridized carbons (Fsp3) is 0.333. The normalized spacial score (nSPS) is 20.4. The number of nitrogens with zero attached hydrogens (tertiary/aromatic N) is 4. The van der Waals surface area contributed by atoms with E-state index < -0.39 is 5.41 Å². The van der Waals surface area contributed by atoms with Crippen LogP contribution in [0, 0.1) is 13.8 Å². The Hall–Kier alpha value is -2.27. The average Bonchev–Trinajstić information content (AvgIpc) is 2.90. The quantitative estimate of drug-likeness (QED) is 0.636. The van der Waals surface area contributed by atoms with Crippen LogP contribution in [0.5, 0.6) is 0 Å². The van der Waals surface area contributed by atoms with Gasteiger partial charge in [-0.3, -0.25) is 9.78 Å². The first-order valence-electron chi connectivity index (χ1n) is 7.92. The monoisotopic (exact) mass is 340 g/mol. The van der Waals surface area contributed by atoms with Crippen LogP contribution in [-0.2, 0) is 11.8 Å². The molecule has 24 heavy (non-hydrogen) atoms. The smallest absolute Gasteiger partial charge is 0.176 e. The molecule has 1 aliphatic rings. The number of hydrogen-bond donors (Lipinski definition) is 0. The highest BCUT2D eigenvalue weighted by Crippen LogP contribution is 2.38. The number of Topliss-reactive ketones (excluding diaryl/α,β-unsaturated/α-hetero) is 1. The van der Waals surface area contributed by atoms with Crippen LogP contribution in [-0.4, -0.2) is 25.1 Å². The zero-order valence-electron chi connectivity index (χ0n) is 13.8. The molecule has 0 saturated heterocycles. The topological polar surface area (TPSA) is 60.2 Å². The molecule has 0 aromatic carbocycles. The van der Waals surface area contributed by atoms with E-state index in [0.29, 0.717) is 23.6 Å². The molecule has 0 spiro atoms. The Morgan fingerprint density at radius 2 is 1.83 bits per heavy atom. The predicted molar refractivity (Wildman–Crippen MR) is 91.7 cm³/mol. The van der Waals surface area contributed by atoms with Crippen molar-refractivity contribution < 1.29 is 4.79 Å². The number of ketones is 1. The maximum Gasteiger partial charge on any atom is 0.176 e. The van der Waals surface area contributed by atoms with E-state index in [1.807, 2.05) is 37.6 Å². The Morgan fingerprint density at radius 1 is 1.12 bits per heavy atom. The molecule has 1 atom stereocenters. The van der Waals surface area contributed by atoms with Crippen molar-refractivity contribution in [3.8, 4) is 0 Å². The van der Waals surface area contributed by atoms with E-state index in [-0.39, 0.29) is 5.78 Å². The fourth-order valence-electron chi connectivity index (χ4n) is 3.49. The second kappa shape index (κ2) is 5.11. The summed E-state index contributed by atoms with van der Waals surface area (Å²) < 4.78 is 1.96. The molecule has 6 heteroatoms. The summed E-state index contributed by atoms with van der Waals surface area (Å²) >= 11 is 5.97. The summed E-state index contributed by atoms with van der Waals surface area (Å²) in [5, 5.41) is 0.421. The highest BCUT2D eigenvalue weighted by Gasteiger charge is 2.43. The van der Waals surface area contributed by atoms with Gasteiger partial charge in [-0.25, -0.2) is 9.97 Å². The molecule has 0 N–H and O–H groups in total. The van der Waals surface area contributed by atoms with E-state index >= 15 is 0 Å². The molecule has 0 amide bonds. The number of carbonyl (C=O) groups is 1. The van der Waals surface area contributed by atoms with Crippen molar-refractivity contribution in [2.45, 2.75) is 39.0 Å². The number of rotatable bonds is 1. The zero-order valence-corrected chi connectivity index (χ0v) is 14.6. The van der Waals surface area contributed by atoms with E-state index in [1.165, 1.54) is 0 Å². The standard InChI is InChI=1S/C18H17ClN4O/c1-10-8-23-9-11(2)21-17(23)15(20-10)18(3)7-6-13-12(16(18)24)4-5-14(19)22-13/h4-5,8-9H,6-7H2,1-3H3. The molecule has 5 nitrogen and oxygen atoms in total. The van der Waals surface area contributed by atoms with Gasteiger partial charge < -0.3 is 4.40 Å². The lowest BCUT2D eigenvalue weighted by atomic mass is 9.71. The van der Waals surface area contributed by atoms with Gasteiger partial charge in [-0.05, 0) is 45.7 Å². The molecule has 0 fully saturated rings. The summed E-state index contributed by atoms with van der Waals surface area (Å²) in [6.45, 7) is 5.83. The third-order valence-electron chi connectivity index (χ3n) is 4.75. The third kappa shape index (κ3) is 2.15. The summed E-state index contributed by atoms with van der Waals surface area (Å²) in [5.74, 6) is 0.0357. The van der Waals surface area contributed by atoms with Crippen molar-refractivity contribution in [1.29, 1.82) is 0 Å². The van der Waals surface area contributed by atoms with Crippen LogP contribution in [0.4, 0.5) is 0 Å². The molecule has 122 valence electrons. The van der Waals surface area contributed by atoms with Crippen LogP contribution >= 0.6 is 11.6 Å². The Bertz CT molecular complexity index is 994. The second-order valence-electron chi connectivity index (χ2n) is 6.63. The molecule has 4 rings (SSSR count). The van der Waals surface area contributed by atoms with Crippen LogP contribution in [0.25, 0.3) is 5.65 Å². The number of halogens is 1. The molecule has 3 heterocycles. The summed E-state index contributed by atoms with van der Waals surface area (Å²) in [6.07, 6.45) is 5.23. The van der Waals surface area contributed by atoms with Crippen LogP contribution in [0.2, 0.25) is 5.15 Å². The van der Waals surface area contributed by atoms with Crippen LogP contribution in [0.1, 0.15) is 46.5 Å². The predicted octanol–water partition coefficient (Wildman–Crippen LogP) is 3.48. The first-order chi connectivity index (χ1) is 11.4. The van der Waals surface area contributed by atoms with E-state index in [1.54, 1.807) is 12.1 Å². The van der Waals surface area contributed by atoms with Crippen molar-refractivity contribution >= 4 is 23.0 Å². The van der Waals surface area contributed by atoms with Crippen molar-refractivity contribution in [2.75, 3.05) is 0 Å². The van der Waals surface area contributed by atoms with E-state index in [9.17, 15) is 4.79 Å². The molecule has 0 saturated carbocycles. The molecular weight excluding hydrogens is 324 g/mol. The van der Waals surface area contributed by atoms with Gasteiger partial charge in [0.05, 0.1) is 28.2 Å². The maximum atomic E-state index is 13.3. The van der Waals surface area contributed by atoms with Gasteiger partial charge in [-0.15, -0.1) is 0 Å². The number of imidazole rings is 1. The summed E-state index contributed by atoms with van der Waals surface area (Å²) in [5.41, 5.74) is 3.95. The third-order valence-corrected chi connectivity index (χ3v) is 4.96. The van der Waals surface area contributed by atoms with Gasteiger partial charge in [0.25, 0.3) is 0 Å². The first-order valence-corrected chi connectivity index (χ1v) is 8.30. The summed E-state index contributed by atoms with van der Waals surface area (Å²) in [7, 11) is 0. The second-order valence-corrected chi connectivity index (χ2v) is 7.02. The largest absolute Gasteiger partial charge is 0.303 e. The molecule has 0 bridgehead atoms. The lowest BCUT2D eigenvalue weighted by molar-refractivity contribution is 0.0871. The van der Waals surface area contributed by atoms with Gasteiger partial charge in [0.15, 0.2) is 11.4 Å². The van der Waals surface area contributed by atoms with Gasteiger partial charge >= 0.3 is 0 Å². The Labute approximate surface area is 144 Å². The SMILES string of the molecule is Cc1cn2cc(C)nc2c(C2(C)CCc3nc(Cl)ccc3C2=O)n1. The molecule has 0 aliphatic heterocycles. The fourth-order valence-corrected chi connectivity index (χ4v) is 3.66. The summed E-state index contributed by atoms with van der Waals surface area (Å²) in [4.78, 5) is 26.9. The van der Waals surface area contributed by atoms with Gasteiger partial charge in [0, 0.05) is 18.0 Å². The minimum atomic E-state index is -0.715. The number of fused-ring (bicyclic) bond motifs is 2. The number of aryl methyl sites for hydroxylation is 3. The average molecular weight is 341 g/mol. The number of carbonyl (C=O) groups excluding carboxylic acids is 1. The minimum Gasteiger partial charge on any atom is -0.303 e. The van der Waals surface area contributed by atoms with Crippen molar-refractivity contribution in [2.24, 2.45) is 0 Å². The van der Waals surface area contributed by atoms with Gasteiger partial charge in [-0.2, -0.15) is 0 Å². The zero-order chi connectivity index (χ0) is 17.1. The highest BCUT2D eigenvalue weighted by atomic mass is 35.5. The number of pyridine rings is 1. The van der Waals surface area contributed by atoms with Gasteiger partial charge in [-0.1, -0.05) is 11.6 Å². The van der Waals surface area contributed by atoms with E-state index in [4.69, 9.17) is 16.6 Å². The Kier molecular flexibility index (Phi) is 3.25. The van der Waals surface area contributed by atoms with Crippen molar-refractivity contribution in [3.05, 3.63) is 58.0 Å². The molecule has 1 aliphatic carbocycles. The van der Waals surface area contributed by atoms with Crippen molar-refractivity contribution in [3.63, 3.8) is 0 Å². The number of aromatic nitrogens is 4. The van der Waals surface area contributed by atoms with Gasteiger partial charge in [0.1, 0.15) is 5.15 Å². The van der Waals surface area contributed by atoms with Crippen LogP contribution < -0.4 is 0 Å². The minimum absolute atomic E-state index is 0.0357. The maximum absolute atomic E-state index is 13.3. The van der Waals surface area contributed by atoms with Gasteiger partial charge in [0.2, 0.25) is 0 Å². The first kappa shape index (κ1) is 15.3. The van der Waals surface area contributed by atoms with E-state index in [2.05, 4.69) is 9.97 Å². The molecule has 1 unspecified atom stereocenters. The van der Waals surface area contributed by atoms with Crippen LogP contribution in [0.3, 0.4) is 0 Å². The Balaban J connectivity index is 1.93. The molecule has 0 radical (unpaired) electrons. The Morgan fingerprint density at radius 3 is 2.58 bits per heavy atom. The lowest BCUT2D eigenvalue weighted by Crippen LogP contribution is -2.39. The molecule has 3 aromatic rings. The summed E-state index contributed by atoms with van der Waals surface area (Å²) in [6, 6.07) is 3.44. The number of hydrogen-bond acceptors (Lipinski definition) is 4. The lowest BCUT2D eigenvalue weighted by Gasteiger charge is -2.32. The molecular formula is C18H17ClN4O. The molecule has 3 aromatic heterocycles. The van der Waals surface area contributed by atoms with Crippen LogP contribution in [0.15, 0.2) is 24.5 Å².